The molecule has 1 heterocycles. The van der Waals surface area contributed by atoms with Crippen LogP contribution in [0.2, 0.25) is 0 Å². The smallest absolute Gasteiger partial charge is 0.137 e. The number of benzene rings is 1. The lowest BCUT2D eigenvalue weighted by molar-refractivity contribution is 0.0471. The molecule has 112 valence electrons. The molecule has 1 aromatic carbocycles. The monoisotopic (exact) mass is 361 g/mol. The molecule has 1 fully saturated rings. The number of nitrogens with one attached hydrogen (secondary N) is 1. The fourth-order valence-electron chi connectivity index (χ4n) is 2.35. The Kier molecular flexibility index (Phi) is 6.81. The Hall–Kier alpha value is -0.100. The van der Waals surface area contributed by atoms with Gasteiger partial charge < -0.3 is 10.1 Å². The minimum absolute atomic E-state index is 0.198. The number of halogens is 2. The summed E-state index contributed by atoms with van der Waals surface area (Å²) in [5, 5.41) is 3.55. The third kappa shape index (κ3) is 4.45. The summed E-state index contributed by atoms with van der Waals surface area (Å²) in [7, 11) is 0. The molecule has 0 saturated carbocycles. The molecule has 0 bridgehead atoms. The second-order valence-corrected chi connectivity index (χ2v) is 6.90. The Bertz CT molecular complexity index is 426. The minimum atomic E-state index is -0.198. The van der Waals surface area contributed by atoms with Crippen LogP contribution in [0.25, 0.3) is 0 Å². The Morgan fingerprint density at radius 2 is 2.40 bits per heavy atom. The van der Waals surface area contributed by atoms with Crippen LogP contribution in [0, 0.1) is 5.82 Å². The molecule has 2 unspecified atom stereocenters. The average Bonchev–Trinajstić information content (AvgIpc) is 2.48. The van der Waals surface area contributed by atoms with Gasteiger partial charge >= 0.3 is 0 Å². The van der Waals surface area contributed by atoms with Crippen molar-refractivity contribution in [2.24, 2.45) is 0 Å². The van der Waals surface area contributed by atoms with E-state index < -0.39 is 0 Å². The maximum atomic E-state index is 13.6. The van der Waals surface area contributed by atoms with Gasteiger partial charge in [-0.25, -0.2) is 4.39 Å². The van der Waals surface area contributed by atoms with E-state index in [0.29, 0.717) is 4.47 Å². The van der Waals surface area contributed by atoms with Crippen molar-refractivity contribution < 1.29 is 9.13 Å². The highest BCUT2D eigenvalue weighted by Crippen LogP contribution is 2.24. The summed E-state index contributed by atoms with van der Waals surface area (Å²) >= 11 is 5.28. The molecule has 0 radical (unpaired) electrons. The molecule has 2 nitrogen and oxygen atoms in total. The van der Waals surface area contributed by atoms with E-state index in [1.807, 2.05) is 17.8 Å². The zero-order valence-electron chi connectivity index (χ0n) is 11.7. The van der Waals surface area contributed by atoms with Gasteiger partial charge in [0, 0.05) is 17.5 Å². The number of hydrogen-bond acceptors (Lipinski definition) is 3. The van der Waals surface area contributed by atoms with E-state index in [-0.39, 0.29) is 18.0 Å². The van der Waals surface area contributed by atoms with Gasteiger partial charge in [0.15, 0.2) is 0 Å². The van der Waals surface area contributed by atoms with Gasteiger partial charge in [-0.15, -0.1) is 0 Å². The number of rotatable bonds is 6. The molecule has 1 aromatic rings. The Labute approximate surface area is 133 Å². The maximum Gasteiger partial charge on any atom is 0.137 e. The van der Waals surface area contributed by atoms with Crippen molar-refractivity contribution in [3.8, 4) is 0 Å². The van der Waals surface area contributed by atoms with Crippen LogP contribution in [0.15, 0.2) is 22.7 Å². The fraction of sp³-hybridized carbons (Fsp3) is 0.600. The molecular weight excluding hydrogens is 341 g/mol. The van der Waals surface area contributed by atoms with E-state index in [4.69, 9.17) is 4.74 Å². The molecular formula is C15H21BrFNOS. The summed E-state index contributed by atoms with van der Waals surface area (Å²) in [6.45, 7) is 3.92. The summed E-state index contributed by atoms with van der Waals surface area (Å²) in [5.41, 5.74) is 0.998. The second-order valence-electron chi connectivity index (χ2n) is 4.96. The van der Waals surface area contributed by atoms with Crippen molar-refractivity contribution in [3.63, 3.8) is 0 Å². The minimum Gasteiger partial charge on any atom is -0.375 e. The summed E-state index contributed by atoms with van der Waals surface area (Å²) in [4.78, 5) is 0. The van der Waals surface area contributed by atoms with Gasteiger partial charge in [0.2, 0.25) is 0 Å². The molecule has 0 aromatic heterocycles. The largest absolute Gasteiger partial charge is 0.375 e. The summed E-state index contributed by atoms with van der Waals surface area (Å²) in [5.74, 6) is 1.88. The van der Waals surface area contributed by atoms with Crippen LogP contribution in [-0.2, 0) is 11.2 Å². The van der Waals surface area contributed by atoms with Gasteiger partial charge in [-0.05, 0) is 46.9 Å². The molecule has 1 aliphatic rings. The first-order chi connectivity index (χ1) is 9.72. The standard InChI is InChI=1S/C15H21BrFNOS/c1-2-6-18-13(14-10-20-8-7-19-14)9-11-4-3-5-12(17)15(11)16/h3-5,13-14,18H,2,6-10H2,1H3. The number of thioether (sulfide) groups is 1. The SMILES string of the molecule is CCCNC(Cc1cccc(F)c1Br)C1CSCCO1. The van der Waals surface area contributed by atoms with Crippen LogP contribution in [0.4, 0.5) is 4.39 Å². The third-order valence-electron chi connectivity index (χ3n) is 3.42. The first-order valence-corrected chi connectivity index (χ1v) is 9.02. The van der Waals surface area contributed by atoms with Crippen molar-refractivity contribution in [2.75, 3.05) is 24.7 Å². The highest BCUT2D eigenvalue weighted by molar-refractivity contribution is 9.10. The predicted octanol–water partition coefficient (Wildman–Crippen LogP) is 3.63. The quantitative estimate of drug-likeness (QED) is 0.835. The highest BCUT2D eigenvalue weighted by Gasteiger charge is 2.25. The number of hydrogen-bond donors (Lipinski definition) is 1. The van der Waals surface area contributed by atoms with Crippen molar-refractivity contribution in [3.05, 3.63) is 34.1 Å². The normalized spacial score (nSPS) is 20.9. The Balaban J connectivity index is 2.07. The van der Waals surface area contributed by atoms with Crippen LogP contribution < -0.4 is 5.32 Å². The van der Waals surface area contributed by atoms with Gasteiger partial charge in [0.05, 0.1) is 17.2 Å². The molecule has 1 N–H and O–H groups in total. The molecule has 5 heteroatoms. The van der Waals surface area contributed by atoms with Crippen LogP contribution >= 0.6 is 27.7 Å². The Morgan fingerprint density at radius 3 is 3.10 bits per heavy atom. The topological polar surface area (TPSA) is 21.3 Å². The fourth-order valence-corrected chi connectivity index (χ4v) is 3.71. The maximum absolute atomic E-state index is 13.6. The van der Waals surface area contributed by atoms with E-state index in [9.17, 15) is 4.39 Å². The third-order valence-corrected chi connectivity index (χ3v) is 5.33. The number of ether oxygens (including phenoxy) is 1. The lowest BCUT2D eigenvalue weighted by Gasteiger charge is -2.31. The second kappa shape index (κ2) is 8.37. The van der Waals surface area contributed by atoms with Gasteiger partial charge in [-0.2, -0.15) is 11.8 Å². The van der Waals surface area contributed by atoms with Crippen molar-refractivity contribution in [1.29, 1.82) is 0 Å². The predicted molar refractivity (Wildman–Crippen MR) is 87.0 cm³/mol. The van der Waals surface area contributed by atoms with Crippen molar-refractivity contribution in [1.82, 2.24) is 5.32 Å². The lowest BCUT2D eigenvalue weighted by atomic mass is 10.0. The molecule has 0 amide bonds. The van der Waals surface area contributed by atoms with Gasteiger partial charge in [0.1, 0.15) is 5.82 Å². The summed E-state index contributed by atoms with van der Waals surface area (Å²) in [6, 6.07) is 5.46. The molecule has 2 atom stereocenters. The van der Waals surface area contributed by atoms with Crippen LogP contribution in [-0.4, -0.2) is 36.8 Å². The van der Waals surface area contributed by atoms with E-state index in [1.54, 1.807) is 6.07 Å². The molecule has 1 aliphatic heterocycles. The van der Waals surface area contributed by atoms with Crippen LogP contribution in [0.5, 0.6) is 0 Å². The van der Waals surface area contributed by atoms with Gasteiger partial charge in [0.25, 0.3) is 0 Å². The van der Waals surface area contributed by atoms with Crippen LogP contribution in [0.3, 0.4) is 0 Å². The van der Waals surface area contributed by atoms with E-state index in [2.05, 4.69) is 28.2 Å². The first kappa shape index (κ1) is 16.3. The summed E-state index contributed by atoms with van der Waals surface area (Å²) < 4.78 is 20.1. The first-order valence-electron chi connectivity index (χ1n) is 7.08. The van der Waals surface area contributed by atoms with E-state index in [0.717, 1.165) is 43.1 Å². The van der Waals surface area contributed by atoms with E-state index >= 15 is 0 Å². The molecule has 20 heavy (non-hydrogen) atoms. The molecule has 1 saturated heterocycles. The van der Waals surface area contributed by atoms with Crippen LogP contribution in [0.1, 0.15) is 18.9 Å². The molecule has 0 aliphatic carbocycles. The highest BCUT2D eigenvalue weighted by atomic mass is 79.9. The summed E-state index contributed by atoms with van der Waals surface area (Å²) in [6.07, 6.45) is 2.07. The van der Waals surface area contributed by atoms with E-state index in [1.165, 1.54) is 6.07 Å². The average molecular weight is 362 g/mol. The Morgan fingerprint density at radius 1 is 1.55 bits per heavy atom. The zero-order chi connectivity index (χ0) is 14.4. The molecule has 2 rings (SSSR count). The molecule has 0 spiro atoms. The lowest BCUT2D eigenvalue weighted by Crippen LogP contribution is -2.46. The van der Waals surface area contributed by atoms with Gasteiger partial charge in [-0.1, -0.05) is 19.1 Å². The van der Waals surface area contributed by atoms with Crippen molar-refractivity contribution in [2.45, 2.75) is 31.9 Å². The van der Waals surface area contributed by atoms with Gasteiger partial charge in [-0.3, -0.25) is 0 Å². The van der Waals surface area contributed by atoms with Crippen molar-refractivity contribution >= 4 is 27.7 Å². The zero-order valence-corrected chi connectivity index (χ0v) is 14.1.